The summed E-state index contributed by atoms with van der Waals surface area (Å²) in [5.74, 6) is 0.965. The predicted octanol–water partition coefficient (Wildman–Crippen LogP) is 1.76. The number of carbonyl (C=O) groups is 1. The first-order chi connectivity index (χ1) is 10.6. The number of amides is 2. The van der Waals surface area contributed by atoms with Crippen LogP contribution in [0.15, 0.2) is 42.7 Å². The average molecular weight is 318 g/mol. The number of rotatable bonds is 2. The summed E-state index contributed by atoms with van der Waals surface area (Å²) in [6.45, 7) is 0.477. The van der Waals surface area contributed by atoms with Gasteiger partial charge in [0.2, 0.25) is 0 Å². The second-order valence-electron chi connectivity index (χ2n) is 5.26. The van der Waals surface area contributed by atoms with Gasteiger partial charge < -0.3 is 10.2 Å². The number of benzene rings is 1. The van der Waals surface area contributed by atoms with Crippen molar-refractivity contribution in [3.05, 3.63) is 48.3 Å². The summed E-state index contributed by atoms with van der Waals surface area (Å²) in [4.78, 5) is 14.3. The molecule has 22 heavy (non-hydrogen) atoms. The maximum atomic E-state index is 12.6. The fraction of sp³-hybridized carbons (Fsp3) is 0.333. The average Bonchev–Trinajstić information content (AvgIpc) is 2.94. The highest BCUT2D eigenvalue weighted by Gasteiger charge is 2.32. The lowest BCUT2D eigenvalue weighted by Crippen LogP contribution is -2.46. The van der Waals surface area contributed by atoms with E-state index in [1.54, 1.807) is 15.8 Å². The highest BCUT2D eigenvalue weighted by atomic mass is 32.2. The highest BCUT2D eigenvalue weighted by molar-refractivity contribution is 7.85. The van der Waals surface area contributed by atoms with E-state index in [0.717, 1.165) is 11.3 Å². The summed E-state index contributed by atoms with van der Waals surface area (Å²) in [6.07, 6.45) is 3.60. The zero-order valence-electron chi connectivity index (χ0n) is 12.3. The maximum absolute atomic E-state index is 12.6. The lowest BCUT2D eigenvalue weighted by Gasteiger charge is -2.34. The smallest absolute Gasteiger partial charge is 0.316 e. The number of para-hydroxylation sites is 1. The molecule has 7 heteroatoms. The topological polar surface area (TPSA) is 67.2 Å². The molecule has 2 amide bonds. The molecule has 0 spiro atoms. The lowest BCUT2D eigenvalue weighted by atomic mass is 10.1. The van der Waals surface area contributed by atoms with Crippen LogP contribution in [0.5, 0.6) is 0 Å². The molecule has 0 bridgehead atoms. The van der Waals surface area contributed by atoms with Crippen LogP contribution in [0, 0.1) is 0 Å². The molecule has 1 aromatic carbocycles. The Morgan fingerprint density at radius 1 is 1.36 bits per heavy atom. The van der Waals surface area contributed by atoms with Crippen molar-refractivity contribution in [3.63, 3.8) is 0 Å². The van der Waals surface area contributed by atoms with Crippen molar-refractivity contribution in [2.75, 3.05) is 23.4 Å². The second kappa shape index (κ2) is 6.31. The Bertz CT molecular complexity index is 686. The van der Waals surface area contributed by atoms with Gasteiger partial charge in [0.1, 0.15) is 0 Å². The first kappa shape index (κ1) is 14.8. The van der Waals surface area contributed by atoms with Gasteiger partial charge >= 0.3 is 6.03 Å². The Balaban J connectivity index is 1.80. The Morgan fingerprint density at radius 2 is 2.14 bits per heavy atom. The number of nitrogens with one attached hydrogen (secondary N) is 1. The van der Waals surface area contributed by atoms with Crippen molar-refractivity contribution < 1.29 is 9.00 Å². The fourth-order valence-electron chi connectivity index (χ4n) is 2.55. The first-order valence-electron chi connectivity index (χ1n) is 7.09. The first-order valence-corrected chi connectivity index (χ1v) is 8.58. The number of nitrogens with zero attached hydrogens (tertiary/aromatic N) is 3. The summed E-state index contributed by atoms with van der Waals surface area (Å²) >= 11 is 0. The van der Waals surface area contributed by atoms with Gasteiger partial charge in [0, 0.05) is 53.3 Å². The summed E-state index contributed by atoms with van der Waals surface area (Å²) in [5, 5.41) is 7.05. The summed E-state index contributed by atoms with van der Waals surface area (Å²) in [6, 6.07) is 8.97. The highest BCUT2D eigenvalue weighted by Crippen LogP contribution is 2.25. The molecule has 0 aliphatic carbocycles. The Labute approximate surface area is 131 Å². The summed E-state index contributed by atoms with van der Waals surface area (Å²) in [7, 11) is 0.927. The third kappa shape index (κ3) is 3.19. The number of hydrogen-bond donors (Lipinski definition) is 1. The molecule has 0 saturated carbocycles. The van der Waals surface area contributed by atoms with Crippen LogP contribution in [-0.2, 0) is 17.8 Å². The number of carbonyl (C=O) groups excluding carboxylic acids is 1. The van der Waals surface area contributed by atoms with E-state index in [1.165, 1.54) is 0 Å². The monoisotopic (exact) mass is 318 g/mol. The molecule has 1 N–H and O–H groups in total. The molecular formula is C15H18N4O2S. The van der Waals surface area contributed by atoms with Gasteiger partial charge in [0.25, 0.3) is 0 Å². The van der Waals surface area contributed by atoms with E-state index in [9.17, 15) is 9.00 Å². The number of hydrogen-bond acceptors (Lipinski definition) is 3. The molecule has 2 heterocycles. The van der Waals surface area contributed by atoms with Crippen molar-refractivity contribution in [1.29, 1.82) is 0 Å². The molecule has 1 aromatic heterocycles. The Kier molecular flexibility index (Phi) is 4.24. The van der Waals surface area contributed by atoms with Gasteiger partial charge in [0.05, 0.1) is 12.2 Å². The molecule has 3 rings (SSSR count). The van der Waals surface area contributed by atoms with Crippen molar-refractivity contribution in [1.82, 2.24) is 14.7 Å². The van der Waals surface area contributed by atoms with E-state index in [1.807, 2.05) is 43.6 Å². The van der Waals surface area contributed by atoms with E-state index >= 15 is 0 Å². The minimum absolute atomic E-state index is 0.170. The molecule has 2 atom stereocenters. The van der Waals surface area contributed by atoms with Crippen LogP contribution in [0.4, 0.5) is 10.5 Å². The zero-order chi connectivity index (χ0) is 15.5. The van der Waals surface area contributed by atoms with Crippen LogP contribution >= 0.6 is 0 Å². The van der Waals surface area contributed by atoms with Crippen LogP contribution in [0.25, 0.3) is 0 Å². The molecular weight excluding hydrogens is 300 g/mol. The maximum Gasteiger partial charge on any atom is 0.322 e. The molecule has 1 saturated heterocycles. The minimum Gasteiger partial charge on any atom is -0.316 e. The molecule has 6 nitrogen and oxygen atoms in total. The SMILES string of the molecule is Cn1cc([C@@H]2C[S@](=O)CCN2C(=O)Nc2ccccc2)cn1. The minimum atomic E-state index is -0.904. The van der Waals surface area contributed by atoms with Gasteiger partial charge in [-0.1, -0.05) is 18.2 Å². The molecule has 116 valence electrons. The summed E-state index contributed by atoms with van der Waals surface area (Å²) < 4.78 is 13.6. The van der Waals surface area contributed by atoms with Crippen molar-refractivity contribution in [2.45, 2.75) is 6.04 Å². The fourth-order valence-corrected chi connectivity index (χ4v) is 3.85. The third-order valence-electron chi connectivity index (χ3n) is 3.68. The van der Waals surface area contributed by atoms with Crippen molar-refractivity contribution in [2.24, 2.45) is 7.05 Å². The second-order valence-corrected chi connectivity index (χ2v) is 6.88. The summed E-state index contributed by atoms with van der Waals surface area (Å²) in [5.41, 5.74) is 1.67. The van der Waals surface area contributed by atoms with Gasteiger partial charge in [-0.25, -0.2) is 4.79 Å². The van der Waals surface area contributed by atoms with Crippen LogP contribution < -0.4 is 5.32 Å². The van der Waals surface area contributed by atoms with Gasteiger partial charge in [-0.2, -0.15) is 5.10 Å². The standard InChI is InChI=1S/C15H18N4O2S/c1-18-10-12(9-16-18)14-11-22(21)8-7-19(14)15(20)17-13-5-3-2-4-6-13/h2-6,9-10,14H,7-8,11H2,1H3,(H,17,20)/t14-,22+/m0/s1. The number of aromatic nitrogens is 2. The van der Waals surface area contributed by atoms with Crippen LogP contribution in [0.2, 0.25) is 0 Å². The van der Waals surface area contributed by atoms with Gasteiger partial charge in [0.15, 0.2) is 0 Å². The van der Waals surface area contributed by atoms with E-state index in [-0.39, 0.29) is 12.1 Å². The van der Waals surface area contributed by atoms with E-state index in [0.29, 0.717) is 18.1 Å². The Morgan fingerprint density at radius 3 is 2.82 bits per heavy atom. The molecule has 2 aromatic rings. The number of anilines is 1. The largest absolute Gasteiger partial charge is 0.322 e. The van der Waals surface area contributed by atoms with Gasteiger partial charge in [-0.15, -0.1) is 0 Å². The lowest BCUT2D eigenvalue weighted by molar-refractivity contribution is 0.195. The van der Waals surface area contributed by atoms with E-state index in [4.69, 9.17) is 0 Å². The van der Waals surface area contributed by atoms with Gasteiger partial charge in [-0.05, 0) is 12.1 Å². The number of urea groups is 1. The van der Waals surface area contributed by atoms with Crippen molar-refractivity contribution in [3.8, 4) is 0 Å². The molecule has 1 fully saturated rings. The normalized spacial score (nSPS) is 21.6. The molecule has 0 unspecified atom stereocenters. The van der Waals surface area contributed by atoms with Crippen LogP contribution in [-0.4, -0.2) is 43.0 Å². The molecule has 1 aliphatic rings. The van der Waals surface area contributed by atoms with E-state index in [2.05, 4.69) is 10.4 Å². The quantitative estimate of drug-likeness (QED) is 0.917. The van der Waals surface area contributed by atoms with Gasteiger partial charge in [-0.3, -0.25) is 8.89 Å². The van der Waals surface area contributed by atoms with Crippen molar-refractivity contribution >= 4 is 22.5 Å². The molecule has 0 radical (unpaired) electrons. The predicted molar refractivity (Wildman–Crippen MR) is 86.0 cm³/mol. The zero-order valence-corrected chi connectivity index (χ0v) is 13.1. The van der Waals surface area contributed by atoms with E-state index < -0.39 is 10.8 Å². The van der Waals surface area contributed by atoms with Crippen LogP contribution in [0.3, 0.4) is 0 Å². The van der Waals surface area contributed by atoms with Crippen LogP contribution in [0.1, 0.15) is 11.6 Å². The Hall–Kier alpha value is -2.15. The number of aryl methyl sites for hydroxylation is 1. The third-order valence-corrected chi connectivity index (χ3v) is 5.00. The molecule has 1 aliphatic heterocycles.